The second-order valence-electron chi connectivity index (χ2n) is 7.15. The van der Waals surface area contributed by atoms with E-state index in [2.05, 4.69) is 5.32 Å². The van der Waals surface area contributed by atoms with Gasteiger partial charge < -0.3 is 15.0 Å². The second kappa shape index (κ2) is 10.5. The van der Waals surface area contributed by atoms with Crippen LogP contribution < -0.4 is 10.1 Å². The van der Waals surface area contributed by atoms with Crippen LogP contribution in [-0.4, -0.2) is 35.4 Å². The third-order valence-corrected chi connectivity index (χ3v) is 4.98. The van der Waals surface area contributed by atoms with E-state index >= 15 is 0 Å². The molecule has 0 spiro atoms. The Morgan fingerprint density at radius 3 is 2.41 bits per heavy atom. The molecule has 29 heavy (non-hydrogen) atoms. The molecule has 0 aromatic heterocycles. The van der Waals surface area contributed by atoms with E-state index < -0.39 is 6.04 Å². The average molecular weight is 437 g/mol. The Morgan fingerprint density at radius 1 is 1.10 bits per heavy atom. The molecule has 0 fully saturated rings. The highest BCUT2D eigenvalue weighted by Gasteiger charge is 2.27. The lowest BCUT2D eigenvalue weighted by Gasteiger charge is -2.29. The van der Waals surface area contributed by atoms with Crippen molar-refractivity contribution in [1.82, 2.24) is 10.2 Å². The molecule has 5 nitrogen and oxygen atoms in total. The van der Waals surface area contributed by atoms with Crippen LogP contribution in [0.15, 0.2) is 42.5 Å². The molecule has 7 heteroatoms. The summed E-state index contributed by atoms with van der Waals surface area (Å²) in [6, 6.07) is 11.9. The first-order chi connectivity index (χ1) is 13.7. The Morgan fingerprint density at radius 2 is 1.79 bits per heavy atom. The van der Waals surface area contributed by atoms with Crippen LogP contribution in [0.3, 0.4) is 0 Å². The minimum Gasteiger partial charge on any atom is -0.482 e. The van der Waals surface area contributed by atoms with E-state index in [4.69, 9.17) is 27.9 Å². The van der Waals surface area contributed by atoms with E-state index in [1.54, 1.807) is 25.1 Å². The topological polar surface area (TPSA) is 58.6 Å². The number of rotatable bonds is 8. The Kier molecular flexibility index (Phi) is 8.35. The summed E-state index contributed by atoms with van der Waals surface area (Å²) in [5, 5.41) is 3.66. The van der Waals surface area contributed by atoms with Gasteiger partial charge in [0.1, 0.15) is 11.8 Å². The van der Waals surface area contributed by atoms with Gasteiger partial charge in [0, 0.05) is 17.6 Å². The van der Waals surface area contributed by atoms with Crippen LogP contribution in [0.2, 0.25) is 10.0 Å². The normalized spacial score (nSPS) is 11.8. The van der Waals surface area contributed by atoms with Crippen molar-refractivity contribution in [3.8, 4) is 5.75 Å². The van der Waals surface area contributed by atoms with Crippen molar-refractivity contribution >= 4 is 35.0 Å². The molecule has 0 saturated heterocycles. The quantitative estimate of drug-likeness (QED) is 0.656. The molecular formula is C22H26Cl2N2O3. The van der Waals surface area contributed by atoms with Gasteiger partial charge in [0.25, 0.3) is 5.91 Å². The van der Waals surface area contributed by atoms with Gasteiger partial charge in [-0.25, -0.2) is 0 Å². The molecule has 0 aliphatic rings. The van der Waals surface area contributed by atoms with Crippen molar-refractivity contribution in [3.63, 3.8) is 0 Å². The Bertz CT molecular complexity index is 871. The molecule has 1 N–H and O–H groups in total. The fraction of sp³-hybridized carbons (Fsp3) is 0.364. The molecule has 2 aromatic rings. The van der Waals surface area contributed by atoms with Gasteiger partial charge >= 0.3 is 0 Å². The van der Waals surface area contributed by atoms with E-state index in [0.717, 1.165) is 11.1 Å². The Labute approximate surface area is 181 Å². The van der Waals surface area contributed by atoms with Crippen LogP contribution in [0.5, 0.6) is 5.75 Å². The summed E-state index contributed by atoms with van der Waals surface area (Å²) in [4.78, 5) is 27.1. The monoisotopic (exact) mass is 436 g/mol. The van der Waals surface area contributed by atoms with Gasteiger partial charge in [0.2, 0.25) is 5.91 Å². The number of carbonyl (C=O) groups excluding carboxylic acids is 2. The summed E-state index contributed by atoms with van der Waals surface area (Å²) in [6.07, 6.45) is 0. The number of aryl methyl sites for hydroxylation is 1. The number of nitrogens with one attached hydrogen (secondary N) is 1. The standard InChI is InChI=1S/C22H26Cl2N2O3/c1-14(2)25-22(28)16(4)26(12-17-8-6-5-7-15(17)3)21(27)13-29-20-10-9-18(23)11-19(20)24/h5-11,14,16H,12-13H2,1-4H3,(H,25,28). The van der Waals surface area contributed by atoms with Crippen molar-refractivity contribution in [2.24, 2.45) is 0 Å². The molecule has 1 atom stereocenters. The predicted octanol–water partition coefficient (Wildman–Crippen LogP) is 4.62. The zero-order chi connectivity index (χ0) is 21.6. The van der Waals surface area contributed by atoms with Gasteiger partial charge in [-0.05, 0) is 57.0 Å². The smallest absolute Gasteiger partial charge is 0.261 e. The zero-order valence-electron chi connectivity index (χ0n) is 17.0. The molecule has 2 aromatic carbocycles. The van der Waals surface area contributed by atoms with Crippen molar-refractivity contribution < 1.29 is 14.3 Å². The van der Waals surface area contributed by atoms with Crippen molar-refractivity contribution in [2.45, 2.75) is 46.3 Å². The number of amides is 2. The van der Waals surface area contributed by atoms with Crippen LogP contribution >= 0.6 is 23.2 Å². The van der Waals surface area contributed by atoms with Gasteiger partial charge in [0.15, 0.2) is 6.61 Å². The molecular weight excluding hydrogens is 411 g/mol. The summed E-state index contributed by atoms with van der Waals surface area (Å²) >= 11 is 12.0. The average Bonchev–Trinajstić information content (AvgIpc) is 2.65. The number of hydrogen-bond donors (Lipinski definition) is 1. The number of benzene rings is 2. The van der Waals surface area contributed by atoms with Gasteiger partial charge in [-0.3, -0.25) is 9.59 Å². The van der Waals surface area contributed by atoms with Crippen LogP contribution in [0, 0.1) is 6.92 Å². The van der Waals surface area contributed by atoms with Gasteiger partial charge in [0.05, 0.1) is 5.02 Å². The molecule has 2 rings (SSSR count). The van der Waals surface area contributed by atoms with Gasteiger partial charge in [-0.2, -0.15) is 0 Å². The number of halogens is 2. The lowest BCUT2D eigenvalue weighted by atomic mass is 10.1. The molecule has 0 aliphatic heterocycles. The largest absolute Gasteiger partial charge is 0.482 e. The molecule has 156 valence electrons. The third kappa shape index (κ3) is 6.65. The molecule has 0 bridgehead atoms. The molecule has 2 amide bonds. The first-order valence-corrected chi connectivity index (χ1v) is 10.2. The maximum absolute atomic E-state index is 13.0. The van der Waals surface area contributed by atoms with Crippen molar-refractivity contribution in [2.75, 3.05) is 6.61 Å². The molecule has 1 unspecified atom stereocenters. The highest BCUT2D eigenvalue weighted by molar-refractivity contribution is 6.35. The first-order valence-electron chi connectivity index (χ1n) is 9.41. The van der Waals surface area contributed by atoms with E-state index in [9.17, 15) is 9.59 Å². The van der Waals surface area contributed by atoms with Crippen LogP contribution in [-0.2, 0) is 16.1 Å². The van der Waals surface area contributed by atoms with Crippen LogP contribution in [0.1, 0.15) is 31.9 Å². The third-order valence-electron chi connectivity index (χ3n) is 4.45. The van der Waals surface area contributed by atoms with Crippen LogP contribution in [0.4, 0.5) is 0 Å². The number of ether oxygens (including phenoxy) is 1. The van der Waals surface area contributed by atoms with Crippen LogP contribution in [0.25, 0.3) is 0 Å². The van der Waals surface area contributed by atoms with Gasteiger partial charge in [-0.15, -0.1) is 0 Å². The summed E-state index contributed by atoms with van der Waals surface area (Å²) < 4.78 is 5.60. The van der Waals surface area contributed by atoms with E-state index in [1.807, 2.05) is 45.0 Å². The van der Waals surface area contributed by atoms with Crippen molar-refractivity contribution in [1.29, 1.82) is 0 Å². The van der Waals surface area contributed by atoms with E-state index in [0.29, 0.717) is 22.3 Å². The molecule has 0 heterocycles. The number of nitrogens with zero attached hydrogens (tertiary/aromatic N) is 1. The summed E-state index contributed by atoms with van der Waals surface area (Å²) in [6.45, 7) is 7.50. The Hall–Kier alpha value is -2.24. The predicted molar refractivity (Wildman–Crippen MR) is 116 cm³/mol. The number of hydrogen-bond acceptors (Lipinski definition) is 3. The Balaban J connectivity index is 2.19. The molecule has 0 aliphatic carbocycles. The number of carbonyl (C=O) groups is 2. The summed E-state index contributed by atoms with van der Waals surface area (Å²) in [5.41, 5.74) is 2.01. The minimum atomic E-state index is -0.659. The highest BCUT2D eigenvalue weighted by atomic mass is 35.5. The fourth-order valence-electron chi connectivity index (χ4n) is 2.77. The van der Waals surface area contributed by atoms with E-state index in [-0.39, 0.29) is 24.5 Å². The van der Waals surface area contributed by atoms with Gasteiger partial charge in [-0.1, -0.05) is 47.5 Å². The lowest BCUT2D eigenvalue weighted by molar-refractivity contribution is -0.142. The SMILES string of the molecule is Cc1ccccc1CN(C(=O)COc1ccc(Cl)cc1Cl)C(C)C(=O)NC(C)C. The van der Waals surface area contributed by atoms with Crippen molar-refractivity contribution in [3.05, 3.63) is 63.6 Å². The summed E-state index contributed by atoms with van der Waals surface area (Å²) in [5.74, 6) is -0.170. The highest BCUT2D eigenvalue weighted by Crippen LogP contribution is 2.27. The zero-order valence-corrected chi connectivity index (χ0v) is 18.6. The first kappa shape index (κ1) is 23.0. The summed E-state index contributed by atoms with van der Waals surface area (Å²) in [7, 11) is 0. The molecule has 0 radical (unpaired) electrons. The molecule has 0 saturated carbocycles. The lowest BCUT2D eigenvalue weighted by Crippen LogP contribution is -2.50. The minimum absolute atomic E-state index is 0.0236. The maximum atomic E-state index is 13.0. The second-order valence-corrected chi connectivity index (χ2v) is 7.99. The maximum Gasteiger partial charge on any atom is 0.261 e. The fourth-order valence-corrected chi connectivity index (χ4v) is 3.24. The van der Waals surface area contributed by atoms with E-state index in [1.165, 1.54) is 4.90 Å².